The van der Waals surface area contributed by atoms with Gasteiger partial charge in [-0.05, 0) is 12.1 Å². The molecule has 0 aliphatic heterocycles. The molecule has 3 aromatic rings. The number of aromatic nitrogens is 2. The maximum absolute atomic E-state index is 4.08. The van der Waals surface area contributed by atoms with Gasteiger partial charge in [0.05, 0.1) is 11.7 Å². The second kappa shape index (κ2) is 8.06. The summed E-state index contributed by atoms with van der Waals surface area (Å²) in [5.41, 5.74) is 2.27. The monoisotopic (exact) mass is 341 g/mol. The minimum absolute atomic E-state index is 0. The maximum atomic E-state index is 4.08. The number of nitrogens with one attached hydrogen (secondary N) is 1. The summed E-state index contributed by atoms with van der Waals surface area (Å²) in [6.07, 6.45) is 7.33. The fourth-order valence-electron chi connectivity index (χ4n) is 1.95. The fraction of sp³-hybridized carbons (Fsp3) is 0.250. The number of benzene rings is 1. The van der Waals surface area contributed by atoms with Crippen LogP contribution in [0.2, 0.25) is 0 Å². The molecule has 1 aromatic carbocycles. The first-order valence-corrected chi connectivity index (χ1v) is 6.46. The van der Waals surface area contributed by atoms with E-state index in [4.69, 9.17) is 0 Å². The Bertz CT molecular complexity index is 564. The zero-order valence-corrected chi connectivity index (χ0v) is 12.9. The van der Waals surface area contributed by atoms with Crippen LogP contribution in [0.1, 0.15) is 26.2 Å². The molecule has 1 N–H and O–H groups in total. The van der Waals surface area contributed by atoms with Crippen LogP contribution in [-0.2, 0) is 19.5 Å². The van der Waals surface area contributed by atoms with Crippen molar-refractivity contribution in [1.82, 2.24) is 9.97 Å². The van der Waals surface area contributed by atoms with Crippen LogP contribution in [0.4, 0.5) is 0 Å². The summed E-state index contributed by atoms with van der Waals surface area (Å²) in [5, 5.41) is 2.51. The van der Waals surface area contributed by atoms with Crippen molar-refractivity contribution in [2.45, 2.75) is 26.2 Å². The van der Waals surface area contributed by atoms with Gasteiger partial charge in [-0.2, -0.15) is 6.42 Å². The van der Waals surface area contributed by atoms with Crippen molar-refractivity contribution in [1.29, 1.82) is 0 Å². The molecule has 0 fully saturated rings. The van der Waals surface area contributed by atoms with Gasteiger partial charge in [0.1, 0.15) is 0 Å². The van der Waals surface area contributed by atoms with Crippen molar-refractivity contribution in [2.24, 2.45) is 0 Å². The molecule has 101 valence electrons. The van der Waals surface area contributed by atoms with Crippen LogP contribution in [0.3, 0.4) is 0 Å². The van der Waals surface area contributed by atoms with E-state index >= 15 is 0 Å². The molecule has 1 radical (unpaired) electrons. The van der Waals surface area contributed by atoms with Crippen LogP contribution in [0, 0.1) is 6.92 Å². The van der Waals surface area contributed by atoms with Crippen molar-refractivity contribution >= 4 is 21.8 Å². The van der Waals surface area contributed by atoms with E-state index in [1.54, 1.807) is 0 Å². The number of para-hydroxylation sites is 1. The molecule has 2 heterocycles. The number of fused-ring (bicyclic) bond motifs is 3. The third-order valence-electron chi connectivity index (χ3n) is 2.91. The largest absolute Gasteiger partial charge is 1.00 e. The number of hydrogen-bond donors (Lipinski definition) is 1. The first-order chi connectivity index (χ1) is 8.86. The minimum atomic E-state index is 0. The number of unbranched alkanes of at least 4 members (excludes halogenated alkanes) is 2. The third kappa shape index (κ3) is 3.88. The van der Waals surface area contributed by atoms with Gasteiger partial charge in [-0.3, -0.25) is 4.98 Å². The summed E-state index contributed by atoms with van der Waals surface area (Å²) in [6.45, 7) is 5.85. The molecule has 0 bridgehead atoms. The molecule has 3 heteroatoms. The summed E-state index contributed by atoms with van der Waals surface area (Å²) < 4.78 is 0. The van der Waals surface area contributed by atoms with E-state index in [9.17, 15) is 0 Å². The molecule has 0 saturated carbocycles. The molecule has 2 aromatic heterocycles. The molecule has 0 aliphatic rings. The van der Waals surface area contributed by atoms with Gasteiger partial charge < -0.3 is 11.9 Å². The van der Waals surface area contributed by atoms with Gasteiger partial charge in [-0.1, -0.05) is 38.0 Å². The van der Waals surface area contributed by atoms with Gasteiger partial charge in [0.15, 0.2) is 0 Å². The van der Waals surface area contributed by atoms with Crippen molar-refractivity contribution < 1.29 is 19.5 Å². The zero-order chi connectivity index (χ0) is 12.8. The Morgan fingerprint density at radius 2 is 1.84 bits per heavy atom. The van der Waals surface area contributed by atoms with E-state index < -0.39 is 0 Å². The molecule has 0 aliphatic carbocycles. The Labute approximate surface area is 127 Å². The predicted molar refractivity (Wildman–Crippen MR) is 78.5 cm³/mol. The van der Waals surface area contributed by atoms with Gasteiger partial charge >= 0.3 is 19.5 Å². The van der Waals surface area contributed by atoms with Crippen molar-refractivity contribution in [2.75, 3.05) is 0 Å². The molecule has 0 unspecified atom stereocenters. The molecule has 2 nitrogen and oxygen atoms in total. The third-order valence-corrected chi connectivity index (χ3v) is 2.91. The standard InChI is InChI=1S/C11H8N2.C5H11.Ru/c1-2-4-10-8(3-1)9-5-6-12-7-11(9)13-10;1-3-5-4-2;/h1-7,13H;1,3-5H2,2H3;/q;-1;+1. The number of H-pyrrole nitrogens is 1. The zero-order valence-electron chi connectivity index (χ0n) is 11.2. The van der Waals surface area contributed by atoms with E-state index in [0.29, 0.717) is 0 Å². The predicted octanol–water partition coefficient (Wildman–Crippen LogP) is 4.72. The molecule has 0 saturated heterocycles. The van der Waals surface area contributed by atoms with E-state index in [-0.39, 0.29) is 19.5 Å². The van der Waals surface area contributed by atoms with Crippen LogP contribution in [0.5, 0.6) is 0 Å². The Kier molecular flexibility index (Phi) is 6.73. The summed E-state index contributed by atoms with van der Waals surface area (Å²) in [5.74, 6) is 0. The minimum Gasteiger partial charge on any atom is -0.353 e. The first-order valence-electron chi connectivity index (χ1n) is 6.46. The van der Waals surface area contributed by atoms with Crippen LogP contribution >= 0.6 is 0 Å². The fourth-order valence-corrected chi connectivity index (χ4v) is 1.95. The molecule has 0 atom stereocenters. The molecule has 0 amide bonds. The van der Waals surface area contributed by atoms with E-state index in [2.05, 4.69) is 42.0 Å². The number of aromatic amines is 1. The van der Waals surface area contributed by atoms with Gasteiger partial charge in [0.25, 0.3) is 0 Å². The molecular formula is C16H19N2Ru. The van der Waals surface area contributed by atoms with Crippen molar-refractivity contribution in [3.8, 4) is 0 Å². The quantitative estimate of drug-likeness (QED) is 0.530. The van der Waals surface area contributed by atoms with Gasteiger partial charge in [-0.25, -0.2) is 0 Å². The van der Waals surface area contributed by atoms with Crippen molar-refractivity contribution in [3.63, 3.8) is 0 Å². The van der Waals surface area contributed by atoms with Crippen LogP contribution in [-0.4, -0.2) is 9.97 Å². The molecule has 19 heavy (non-hydrogen) atoms. The Morgan fingerprint density at radius 1 is 1.11 bits per heavy atom. The number of hydrogen-bond acceptors (Lipinski definition) is 1. The summed E-state index contributed by atoms with van der Waals surface area (Å²) in [6, 6.07) is 10.3. The summed E-state index contributed by atoms with van der Waals surface area (Å²) in [4.78, 5) is 7.39. The average Bonchev–Trinajstić information content (AvgIpc) is 2.79. The van der Waals surface area contributed by atoms with Crippen LogP contribution in [0.15, 0.2) is 42.7 Å². The van der Waals surface area contributed by atoms with Gasteiger partial charge in [-0.15, -0.1) is 0 Å². The second-order valence-corrected chi connectivity index (χ2v) is 4.30. The molecular weight excluding hydrogens is 321 g/mol. The molecule has 0 spiro atoms. The Morgan fingerprint density at radius 3 is 2.53 bits per heavy atom. The summed E-state index contributed by atoms with van der Waals surface area (Å²) in [7, 11) is 0. The smallest absolute Gasteiger partial charge is 0.353 e. The normalized spacial score (nSPS) is 9.79. The number of rotatable bonds is 2. The second-order valence-electron chi connectivity index (χ2n) is 4.30. The number of pyridine rings is 1. The maximum Gasteiger partial charge on any atom is 1.00 e. The number of nitrogens with zero attached hydrogens (tertiary/aromatic N) is 1. The first kappa shape index (κ1) is 15.8. The molecule has 3 rings (SSSR count). The van der Waals surface area contributed by atoms with E-state index in [1.165, 1.54) is 29.1 Å². The van der Waals surface area contributed by atoms with Crippen LogP contribution in [0.25, 0.3) is 21.8 Å². The Hall–Kier alpha value is -1.21. The van der Waals surface area contributed by atoms with Gasteiger partial charge in [0, 0.05) is 22.5 Å². The topological polar surface area (TPSA) is 28.7 Å². The van der Waals surface area contributed by atoms with E-state index in [1.807, 2.05) is 24.5 Å². The summed E-state index contributed by atoms with van der Waals surface area (Å²) >= 11 is 0. The van der Waals surface area contributed by atoms with Gasteiger partial charge in [0.2, 0.25) is 0 Å². The van der Waals surface area contributed by atoms with Crippen LogP contribution < -0.4 is 0 Å². The Balaban J connectivity index is 0.000000265. The SMILES string of the molecule is [CH2-]CCCC.[Ru+].c1ccc2c(c1)[nH]c1cnccc12. The average molecular weight is 340 g/mol. The van der Waals surface area contributed by atoms with E-state index in [0.717, 1.165) is 11.9 Å². The van der Waals surface area contributed by atoms with Crippen molar-refractivity contribution in [3.05, 3.63) is 49.6 Å².